The van der Waals surface area contributed by atoms with Crippen LogP contribution < -0.4 is 16.1 Å². The number of amides is 2. The van der Waals surface area contributed by atoms with Crippen molar-refractivity contribution >= 4 is 23.3 Å². The molecule has 196 valence electrons. The van der Waals surface area contributed by atoms with Crippen molar-refractivity contribution in [1.82, 2.24) is 30.1 Å². The molecule has 2 amide bonds. The van der Waals surface area contributed by atoms with E-state index in [9.17, 15) is 9.59 Å². The number of ether oxygens (including phenoxy) is 1. The Morgan fingerprint density at radius 2 is 1.86 bits per heavy atom. The molecule has 0 spiro atoms. The molecule has 2 aromatic heterocycles. The smallest absolute Gasteiger partial charge is 0.268 e. The molecule has 0 bridgehead atoms. The lowest BCUT2D eigenvalue weighted by molar-refractivity contribution is 0.0191. The van der Waals surface area contributed by atoms with Gasteiger partial charge in [0.1, 0.15) is 11.4 Å². The van der Waals surface area contributed by atoms with Gasteiger partial charge in [0.2, 0.25) is 0 Å². The number of primary amides is 1. The Hall–Kier alpha value is -3.83. The minimum Gasteiger partial charge on any atom is -0.374 e. The summed E-state index contributed by atoms with van der Waals surface area (Å²) >= 11 is 0. The molecule has 11 nitrogen and oxygen atoms in total. The third kappa shape index (κ3) is 5.47. The van der Waals surface area contributed by atoms with Crippen molar-refractivity contribution in [2.45, 2.75) is 51.3 Å². The molecule has 0 radical (unpaired) electrons. The topological polar surface area (TPSA) is 132 Å². The van der Waals surface area contributed by atoms with Crippen LogP contribution in [0.15, 0.2) is 49.1 Å². The number of aryl methyl sites for hydroxylation is 1. The number of benzene rings is 1. The van der Waals surface area contributed by atoms with Crippen LogP contribution in [-0.2, 0) is 17.4 Å². The van der Waals surface area contributed by atoms with Gasteiger partial charge in [-0.2, -0.15) is 10.1 Å². The van der Waals surface area contributed by atoms with Crippen LogP contribution in [0.3, 0.4) is 0 Å². The average Bonchev–Trinajstić information content (AvgIpc) is 3.31. The van der Waals surface area contributed by atoms with Gasteiger partial charge in [0.15, 0.2) is 5.82 Å². The van der Waals surface area contributed by atoms with Crippen molar-refractivity contribution in [1.29, 1.82) is 0 Å². The number of hydrogen-bond donors (Lipinski definition) is 2. The number of rotatable bonds is 8. The van der Waals surface area contributed by atoms with Crippen LogP contribution in [0.5, 0.6) is 0 Å². The quantitative estimate of drug-likeness (QED) is 0.477. The Kier molecular flexibility index (Phi) is 7.28. The summed E-state index contributed by atoms with van der Waals surface area (Å²) in [5.74, 6) is -0.356. The van der Waals surface area contributed by atoms with E-state index in [4.69, 9.17) is 10.5 Å². The molecule has 0 saturated carbocycles. The van der Waals surface area contributed by atoms with Crippen molar-refractivity contribution < 1.29 is 14.3 Å². The molecule has 1 unspecified atom stereocenters. The molecule has 1 aliphatic rings. The highest BCUT2D eigenvalue weighted by atomic mass is 16.5. The number of nitrogens with two attached hydrogens (primary N) is 1. The van der Waals surface area contributed by atoms with E-state index in [0.717, 1.165) is 30.5 Å². The van der Waals surface area contributed by atoms with Gasteiger partial charge in [-0.1, -0.05) is 12.1 Å². The molecule has 1 aromatic carbocycles. The zero-order chi connectivity index (χ0) is 26.8. The third-order valence-electron chi connectivity index (χ3n) is 6.87. The summed E-state index contributed by atoms with van der Waals surface area (Å²) in [6, 6.07) is 7.46. The number of hydrazine groups is 1. The Labute approximate surface area is 216 Å². The largest absolute Gasteiger partial charge is 0.374 e. The molecule has 1 saturated heterocycles. The number of anilines is 2. The van der Waals surface area contributed by atoms with Crippen molar-refractivity contribution in [2.75, 3.05) is 18.7 Å². The monoisotopic (exact) mass is 506 g/mol. The lowest BCUT2D eigenvalue weighted by Gasteiger charge is -2.49. The second-order valence-electron chi connectivity index (χ2n) is 9.91. The maximum Gasteiger partial charge on any atom is 0.268 e. The van der Waals surface area contributed by atoms with E-state index in [1.54, 1.807) is 18.0 Å². The normalized spacial score (nSPS) is 18.4. The maximum absolute atomic E-state index is 13.4. The highest BCUT2D eigenvalue weighted by Gasteiger charge is 2.41. The number of carbonyl (C=O) groups excluding carboxylic acids is 2. The maximum atomic E-state index is 13.4. The molecule has 1 fully saturated rings. The Bertz CT molecular complexity index is 1260. The van der Waals surface area contributed by atoms with Gasteiger partial charge < -0.3 is 15.8 Å². The summed E-state index contributed by atoms with van der Waals surface area (Å²) in [6.45, 7) is 6.62. The molecule has 37 heavy (non-hydrogen) atoms. The molecule has 3 aromatic rings. The summed E-state index contributed by atoms with van der Waals surface area (Å²) in [7, 11) is 3.49. The van der Waals surface area contributed by atoms with Crippen LogP contribution in [0.1, 0.15) is 66.4 Å². The molecule has 4 rings (SSSR count). The number of methoxy groups -OCH3 is 1. The molecule has 1 atom stereocenters. The lowest BCUT2D eigenvalue weighted by Crippen LogP contribution is -2.65. The van der Waals surface area contributed by atoms with Gasteiger partial charge in [0.05, 0.1) is 29.9 Å². The van der Waals surface area contributed by atoms with Crippen LogP contribution >= 0.6 is 0 Å². The van der Waals surface area contributed by atoms with Crippen LogP contribution in [-0.4, -0.2) is 55.9 Å². The van der Waals surface area contributed by atoms with Gasteiger partial charge in [0, 0.05) is 32.5 Å². The van der Waals surface area contributed by atoms with E-state index in [2.05, 4.69) is 25.4 Å². The van der Waals surface area contributed by atoms with Gasteiger partial charge in [-0.3, -0.25) is 19.3 Å². The van der Waals surface area contributed by atoms with E-state index in [1.807, 2.05) is 63.3 Å². The number of nitrogens with one attached hydrogen (secondary N) is 1. The van der Waals surface area contributed by atoms with Crippen molar-refractivity contribution in [3.05, 3.63) is 65.9 Å². The highest BCUT2D eigenvalue weighted by molar-refractivity contribution is 5.94. The summed E-state index contributed by atoms with van der Waals surface area (Å²) in [4.78, 5) is 33.6. The molecular formula is C26H34N8O3. The Morgan fingerprint density at radius 1 is 1.14 bits per heavy atom. The second kappa shape index (κ2) is 10.3. The summed E-state index contributed by atoms with van der Waals surface area (Å²) in [6.07, 6.45) is 9.02. The van der Waals surface area contributed by atoms with Crippen molar-refractivity contribution in [3.8, 4) is 0 Å². The fraction of sp³-hybridized carbons (Fsp3) is 0.423. The zero-order valence-corrected chi connectivity index (χ0v) is 21.9. The molecule has 3 N–H and O–H groups in total. The van der Waals surface area contributed by atoms with Gasteiger partial charge in [0.25, 0.3) is 11.8 Å². The van der Waals surface area contributed by atoms with E-state index < -0.39 is 17.2 Å². The average molecular weight is 507 g/mol. The van der Waals surface area contributed by atoms with Crippen LogP contribution in [0.2, 0.25) is 0 Å². The van der Waals surface area contributed by atoms with E-state index in [1.165, 1.54) is 12.4 Å². The number of piperidine rings is 1. The molecule has 11 heteroatoms. The number of hydrogen-bond acceptors (Lipinski definition) is 8. The van der Waals surface area contributed by atoms with E-state index in [0.29, 0.717) is 17.9 Å². The first-order valence-corrected chi connectivity index (χ1v) is 12.2. The lowest BCUT2D eigenvalue weighted by atomic mass is 9.95. The van der Waals surface area contributed by atoms with Crippen LogP contribution in [0, 0.1) is 0 Å². The molecular weight excluding hydrogens is 472 g/mol. The number of aromatic nitrogens is 4. The third-order valence-corrected chi connectivity index (χ3v) is 6.87. The van der Waals surface area contributed by atoms with Gasteiger partial charge in [-0.25, -0.2) is 9.97 Å². The van der Waals surface area contributed by atoms with Gasteiger partial charge in [-0.05, 0) is 57.7 Å². The fourth-order valence-corrected chi connectivity index (χ4v) is 4.48. The van der Waals surface area contributed by atoms with Crippen molar-refractivity contribution in [2.24, 2.45) is 12.8 Å². The zero-order valence-electron chi connectivity index (χ0n) is 21.9. The Balaban J connectivity index is 1.66. The first kappa shape index (κ1) is 26.2. The van der Waals surface area contributed by atoms with Gasteiger partial charge in [-0.15, -0.1) is 0 Å². The minimum atomic E-state index is -0.736. The predicted octanol–water partition coefficient (Wildman–Crippen LogP) is 2.88. The Morgan fingerprint density at radius 3 is 2.43 bits per heavy atom. The molecule has 0 aliphatic carbocycles. The number of carbonyl (C=O) groups is 2. The van der Waals surface area contributed by atoms with Crippen LogP contribution in [0.4, 0.5) is 11.5 Å². The van der Waals surface area contributed by atoms with E-state index >= 15 is 0 Å². The van der Waals surface area contributed by atoms with Crippen LogP contribution in [0.25, 0.3) is 0 Å². The first-order valence-electron chi connectivity index (χ1n) is 12.2. The number of nitrogens with zero attached hydrogens (tertiary/aromatic N) is 6. The second-order valence-corrected chi connectivity index (χ2v) is 9.91. The first-order chi connectivity index (χ1) is 17.5. The van der Waals surface area contributed by atoms with E-state index in [-0.39, 0.29) is 11.6 Å². The van der Waals surface area contributed by atoms with Gasteiger partial charge >= 0.3 is 0 Å². The summed E-state index contributed by atoms with van der Waals surface area (Å²) in [5, 5.41) is 11.5. The molecule has 1 aliphatic heterocycles. The minimum absolute atomic E-state index is 0.0738. The molecule has 3 heterocycles. The predicted molar refractivity (Wildman–Crippen MR) is 139 cm³/mol. The SMILES string of the molecule is COC(C)(C)c1ccc(C(=O)NC2(C)CCCCN2N(c2cnn(C)c2)c2cnc(C(N)=O)cn2)cc1. The summed E-state index contributed by atoms with van der Waals surface area (Å²) in [5.41, 5.74) is 6.54. The standard InChI is InChI=1S/C26H34N8O3/c1-25(2,37-5)19-10-8-18(9-11-19)24(36)31-26(3)12-6-7-13-33(26)34(20-14-30-32(4)17-20)22-16-28-21(15-29-22)23(27)35/h8-11,14-17H,6-7,12-13H2,1-5H3,(H2,27,35)(H,31,36). The van der Waals surface area contributed by atoms with Crippen molar-refractivity contribution in [3.63, 3.8) is 0 Å². The summed E-state index contributed by atoms with van der Waals surface area (Å²) < 4.78 is 7.24. The fourth-order valence-electron chi connectivity index (χ4n) is 4.48. The highest BCUT2D eigenvalue weighted by Crippen LogP contribution is 2.35.